The molecule has 0 unspecified atom stereocenters. The minimum absolute atomic E-state index is 0.511. The van der Waals surface area contributed by atoms with E-state index in [-0.39, 0.29) is 0 Å². The third-order valence-electron chi connectivity index (χ3n) is 1.53. The second kappa shape index (κ2) is 3.08. The van der Waals surface area contributed by atoms with Gasteiger partial charge in [-0.1, -0.05) is 34.8 Å². The standard InChI is InChI=1S/C8H2Cl3S/c9-4-1-2-6-7(8(4)11)5(10)3-12-6/h1-2H. The van der Waals surface area contributed by atoms with Gasteiger partial charge in [-0.05, 0) is 12.1 Å². The second-order valence-electron chi connectivity index (χ2n) is 2.25. The highest BCUT2D eigenvalue weighted by atomic mass is 35.5. The molecule has 0 spiro atoms. The highest BCUT2D eigenvalue weighted by molar-refractivity contribution is 7.17. The average molecular weight is 237 g/mol. The summed E-state index contributed by atoms with van der Waals surface area (Å²) in [6.07, 6.45) is 0. The van der Waals surface area contributed by atoms with Gasteiger partial charge in [0.05, 0.1) is 20.4 Å². The Morgan fingerprint density at radius 1 is 1.17 bits per heavy atom. The van der Waals surface area contributed by atoms with Gasteiger partial charge in [0, 0.05) is 10.1 Å². The molecule has 1 aromatic carbocycles. The van der Waals surface area contributed by atoms with Crippen molar-refractivity contribution in [2.24, 2.45) is 0 Å². The van der Waals surface area contributed by atoms with Crippen molar-refractivity contribution in [2.45, 2.75) is 0 Å². The lowest BCUT2D eigenvalue weighted by atomic mass is 10.3. The minimum atomic E-state index is 0.511. The predicted molar refractivity (Wildman–Crippen MR) is 55.7 cm³/mol. The summed E-state index contributed by atoms with van der Waals surface area (Å²) in [6, 6.07) is 3.64. The molecule has 1 heterocycles. The van der Waals surface area contributed by atoms with Gasteiger partial charge in [-0.25, -0.2) is 0 Å². The van der Waals surface area contributed by atoms with E-state index in [1.54, 1.807) is 6.07 Å². The fourth-order valence-electron chi connectivity index (χ4n) is 0.973. The maximum atomic E-state index is 5.94. The lowest BCUT2D eigenvalue weighted by Crippen LogP contribution is -1.69. The quantitative estimate of drug-likeness (QED) is 0.624. The molecule has 0 aliphatic rings. The van der Waals surface area contributed by atoms with Gasteiger partial charge < -0.3 is 0 Å². The maximum Gasteiger partial charge on any atom is 0.0695 e. The summed E-state index contributed by atoms with van der Waals surface area (Å²) >= 11 is 19.1. The van der Waals surface area contributed by atoms with E-state index in [1.807, 2.05) is 6.07 Å². The lowest BCUT2D eigenvalue weighted by Gasteiger charge is -1.96. The lowest BCUT2D eigenvalue weighted by molar-refractivity contribution is 1.84. The summed E-state index contributed by atoms with van der Waals surface area (Å²) in [5.41, 5.74) is 0. The van der Waals surface area contributed by atoms with Crippen molar-refractivity contribution >= 4 is 56.2 Å². The van der Waals surface area contributed by atoms with E-state index in [9.17, 15) is 0 Å². The molecule has 0 saturated heterocycles. The molecule has 12 heavy (non-hydrogen) atoms. The Labute approximate surface area is 88.7 Å². The minimum Gasteiger partial charge on any atom is -0.133 e. The van der Waals surface area contributed by atoms with Crippen LogP contribution in [0.25, 0.3) is 10.1 Å². The van der Waals surface area contributed by atoms with E-state index in [1.165, 1.54) is 11.3 Å². The monoisotopic (exact) mass is 235 g/mol. The van der Waals surface area contributed by atoms with Crippen molar-refractivity contribution < 1.29 is 0 Å². The van der Waals surface area contributed by atoms with Crippen LogP contribution in [0, 0.1) is 5.38 Å². The van der Waals surface area contributed by atoms with Crippen molar-refractivity contribution in [3.05, 3.63) is 32.6 Å². The molecule has 0 amide bonds. The molecule has 1 aromatic heterocycles. The summed E-state index contributed by atoms with van der Waals surface area (Å²) < 4.78 is 1.01. The van der Waals surface area contributed by atoms with E-state index in [2.05, 4.69) is 5.38 Å². The van der Waals surface area contributed by atoms with Crippen LogP contribution in [-0.2, 0) is 0 Å². The van der Waals surface area contributed by atoms with Gasteiger partial charge in [0.2, 0.25) is 0 Å². The first-order valence-corrected chi connectivity index (χ1v) is 5.09. The molecule has 0 fully saturated rings. The molecule has 0 nitrogen and oxygen atoms in total. The third-order valence-corrected chi connectivity index (χ3v) is 3.59. The maximum absolute atomic E-state index is 5.94. The number of rotatable bonds is 0. The SMILES string of the molecule is Clc1ccc2s[c]c(Cl)c2c1Cl. The Morgan fingerprint density at radius 2 is 1.92 bits per heavy atom. The van der Waals surface area contributed by atoms with Gasteiger partial charge in [-0.2, -0.15) is 0 Å². The Kier molecular flexibility index (Phi) is 2.21. The van der Waals surface area contributed by atoms with E-state index in [0.29, 0.717) is 15.1 Å². The van der Waals surface area contributed by atoms with Crippen molar-refractivity contribution in [3.8, 4) is 0 Å². The van der Waals surface area contributed by atoms with E-state index in [4.69, 9.17) is 34.8 Å². The first kappa shape index (κ1) is 8.64. The highest BCUT2D eigenvalue weighted by Gasteiger charge is 2.08. The van der Waals surface area contributed by atoms with Crippen LogP contribution in [0.2, 0.25) is 15.1 Å². The Morgan fingerprint density at radius 3 is 2.67 bits per heavy atom. The summed E-state index contributed by atoms with van der Waals surface area (Å²) in [4.78, 5) is 0. The van der Waals surface area contributed by atoms with E-state index in [0.717, 1.165) is 10.1 Å². The van der Waals surface area contributed by atoms with Crippen LogP contribution in [-0.4, -0.2) is 0 Å². The zero-order chi connectivity index (χ0) is 8.72. The Bertz CT molecular complexity index is 433. The number of benzene rings is 1. The van der Waals surface area contributed by atoms with Crippen LogP contribution in [0.4, 0.5) is 0 Å². The number of thiophene rings is 1. The smallest absolute Gasteiger partial charge is 0.0695 e. The topological polar surface area (TPSA) is 0 Å². The zero-order valence-corrected chi connectivity index (χ0v) is 8.78. The summed E-state index contributed by atoms with van der Waals surface area (Å²) in [7, 11) is 0. The molecule has 0 aliphatic carbocycles. The molecule has 4 heteroatoms. The van der Waals surface area contributed by atoms with Crippen molar-refractivity contribution in [3.63, 3.8) is 0 Å². The summed E-state index contributed by atoms with van der Waals surface area (Å²) in [5.74, 6) is 0. The molecule has 0 bridgehead atoms. The summed E-state index contributed by atoms with van der Waals surface area (Å²) in [6.45, 7) is 0. The van der Waals surface area contributed by atoms with Crippen LogP contribution >= 0.6 is 46.1 Å². The van der Waals surface area contributed by atoms with Crippen LogP contribution < -0.4 is 0 Å². The Balaban J connectivity index is 2.96. The first-order chi connectivity index (χ1) is 5.70. The van der Waals surface area contributed by atoms with E-state index >= 15 is 0 Å². The molecule has 0 saturated carbocycles. The van der Waals surface area contributed by atoms with Crippen LogP contribution in [0.3, 0.4) is 0 Å². The molecule has 2 rings (SSSR count). The van der Waals surface area contributed by atoms with Crippen LogP contribution in [0.15, 0.2) is 12.1 Å². The number of halogens is 3. The van der Waals surface area contributed by atoms with Gasteiger partial charge in [0.1, 0.15) is 0 Å². The molecular formula is C8H2Cl3S. The molecule has 2 aromatic rings. The van der Waals surface area contributed by atoms with Crippen LogP contribution in [0.5, 0.6) is 0 Å². The molecular weight excluding hydrogens is 235 g/mol. The van der Waals surface area contributed by atoms with Gasteiger partial charge >= 0.3 is 0 Å². The number of hydrogen-bond donors (Lipinski definition) is 0. The summed E-state index contributed by atoms with van der Waals surface area (Å²) in [5, 5.41) is 5.29. The molecule has 0 atom stereocenters. The average Bonchev–Trinajstić information content (AvgIpc) is 2.41. The highest BCUT2D eigenvalue weighted by Crippen LogP contribution is 2.38. The zero-order valence-electron chi connectivity index (χ0n) is 5.70. The first-order valence-electron chi connectivity index (χ1n) is 3.14. The number of hydrogen-bond acceptors (Lipinski definition) is 1. The number of fused-ring (bicyclic) bond motifs is 1. The molecule has 0 aliphatic heterocycles. The van der Waals surface area contributed by atoms with Gasteiger partial charge in [-0.15, -0.1) is 11.3 Å². The van der Waals surface area contributed by atoms with E-state index < -0.39 is 0 Å². The van der Waals surface area contributed by atoms with Gasteiger partial charge in [-0.3, -0.25) is 0 Å². The van der Waals surface area contributed by atoms with Crippen molar-refractivity contribution in [2.75, 3.05) is 0 Å². The fraction of sp³-hybridized carbons (Fsp3) is 0. The predicted octanol–water partition coefficient (Wildman–Crippen LogP) is 4.66. The normalized spacial score (nSPS) is 10.9. The van der Waals surface area contributed by atoms with Gasteiger partial charge in [0.15, 0.2) is 0 Å². The molecule has 1 radical (unpaired) electrons. The fourth-order valence-corrected chi connectivity index (χ4v) is 2.61. The Hall–Kier alpha value is 0.0500. The third kappa shape index (κ3) is 1.21. The van der Waals surface area contributed by atoms with Crippen molar-refractivity contribution in [1.82, 2.24) is 0 Å². The second-order valence-corrected chi connectivity index (χ2v) is 4.26. The van der Waals surface area contributed by atoms with Crippen LogP contribution in [0.1, 0.15) is 0 Å². The van der Waals surface area contributed by atoms with Crippen molar-refractivity contribution in [1.29, 1.82) is 0 Å². The largest absolute Gasteiger partial charge is 0.133 e. The van der Waals surface area contributed by atoms with Gasteiger partial charge in [0.25, 0.3) is 0 Å². The molecule has 0 N–H and O–H groups in total. The molecule has 61 valence electrons.